The van der Waals surface area contributed by atoms with Crippen molar-refractivity contribution in [1.29, 1.82) is 0 Å². The summed E-state index contributed by atoms with van der Waals surface area (Å²) in [4.78, 5) is 2.34. The maximum absolute atomic E-state index is 2.34. The van der Waals surface area contributed by atoms with E-state index in [-0.39, 0.29) is 5.54 Å². The lowest BCUT2D eigenvalue weighted by Gasteiger charge is -2.36. The van der Waals surface area contributed by atoms with Crippen molar-refractivity contribution in [3.63, 3.8) is 0 Å². The lowest BCUT2D eigenvalue weighted by molar-refractivity contribution is 0.537. The van der Waals surface area contributed by atoms with E-state index in [9.17, 15) is 0 Å². The zero-order chi connectivity index (χ0) is 10.9. The first-order valence-corrected chi connectivity index (χ1v) is 5.14. The van der Waals surface area contributed by atoms with Gasteiger partial charge in [0.25, 0.3) is 0 Å². The predicted octanol–water partition coefficient (Wildman–Crippen LogP) is 3.54. The molecule has 0 saturated heterocycles. The molecule has 0 amide bonds. The van der Waals surface area contributed by atoms with E-state index >= 15 is 0 Å². The molecular weight excluding hydrogens is 170 g/mol. The Bertz CT molecular complexity index is 300. The zero-order valence-electron chi connectivity index (χ0n) is 10.2. The van der Waals surface area contributed by atoms with Crippen molar-refractivity contribution in [3.8, 4) is 0 Å². The number of para-hydroxylation sites is 1. The van der Waals surface area contributed by atoms with E-state index in [0.29, 0.717) is 0 Å². The third-order valence-corrected chi connectivity index (χ3v) is 2.78. The number of nitrogens with zero attached hydrogens (tertiary/aromatic N) is 1. The molecule has 0 aromatic heterocycles. The number of aryl methyl sites for hydroxylation is 2. The van der Waals surface area contributed by atoms with Gasteiger partial charge in [0.15, 0.2) is 0 Å². The van der Waals surface area contributed by atoms with Crippen molar-refractivity contribution in [2.45, 2.75) is 40.2 Å². The first-order chi connectivity index (χ1) is 6.34. The standard InChI is InChI=1S/C13H21N/c1-10-8-7-9-11(2)12(10)14(6)13(3,4)5/h7-9H,1-6H3. The summed E-state index contributed by atoms with van der Waals surface area (Å²) in [5.41, 5.74) is 4.24. The highest BCUT2D eigenvalue weighted by Crippen LogP contribution is 2.28. The minimum absolute atomic E-state index is 0.177. The minimum Gasteiger partial charge on any atom is -0.369 e. The molecule has 0 saturated carbocycles. The van der Waals surface area contributed by atoms with Crippen LogP contribution in [0.2, 0.25) is 0 Å². The predicted molar refractivity (Wildman–Crippen MR) is 64.1 cm³/mol. The molecule has 0 heterocycles. The van der Waals surface area contributed by atoms with Gasteiger partial charge in [-0.3, -0.25) is 0 Å². The Balaban J connectivity index is 3.19. The fourth-order valence-electron chi connectivity index (χ4n) is 1.67. The molecule has 78 valence electrons. The van der Waals surface area contributed by atoms with E-state index in [4.69, 9.17) is 0 Å². The lowest BCUT2D eigenvalue weighted by atomic mass is 10.0. The largest absolute Gasteiger partial charge is 0.369 e. The molecule has 0 aliphatic heterocycles. The maximum atomic E-state index is 2.34. The van der Waals surface area contributed by atoms with Gasteiger partial charge >= 0.3 is 0 Å². The minimum atomic E-state index is 0.177. The highest BCUT2D eigenvalue weighted by molar-refractivity contribution is 5.59. The van der Waals surface area contributed by atoms with Crippen LogP contribution in [-0.2, 0) is 0 Å². The van der Waals surface area contributed by atoms with Gasteiger partial charge in [-0.2, -0.15) is 0 Å². The van der Waals surface area contributed by atoms with Crippen molar-refractivity contribution in [1.82, 2.24) is 0 Å². The van der Waals surface area contributed by atoms with Crippen LogP contribution in [-0.4, -0.2) is 12.6 Å². The van der Waals surface area contributed by atoms with Crippen molar-refractivity contribution >= 4 is 5.69 Å². The van der Waals surface area contributed by atoms with Crippen molar-refractivity contribution in [2.75, 3.05) is 11.9 Å². The Morgan fingerprint density at radius 2 is 1.43 bits per heavy atom. The van der Waals surface area contributed by atoms with Crippen LogP contribution >= 0.6 is 0 Å². The Morgan fingerprint density at radius 1 is 1.00 bits per heavy atom. The quantitative estimate of drug-likeness (QED) is 0.656. The second kappa shape index (κ2) is 3.64. The highest BCUT2D eigenvalue weighted by atomic mass is 15.2. The zero-order valence-corrected chi connectivity index (χ0v) is 10.2. The molecule has 0 aliphatic rings. The van der Waals surface area contributed by atoms with E-state index in [1.165, 1.54) is 16.8 Å². The van der Waals surface area contributed by atoms with Crippen LogP contribution in [0.3, 0.4) is 0 Å². The molecular formula is C13H21N. The van der Waals surface area contributed by atoms with Crippen LogP contribution in [0.25, 0.3) is 0 Å². The molecule has 0 atom stereocenters. The summed E-state index contributed by atoms with van der Waals surface area (Å²) in [6.07, 6.45) is 0. The lowest BCUT2D eigenvalue weighted by Crippen LogP contribution is -2.38. The first-order valence-electron chi connectivity index (χ1n) is 5.14. The molecule has 0 spiro atoms. The average Bonchev–Trinajstić information content (AvgIpc) is 2.01. The molecule has 0 fully saturated rings. The van der Waals surface area contributed by atoms with Gasteiger partial charge in [-0.15, -0.1) is 0 Å². The first kappa shape index (κ1) is 11.1. The molecule has 1 nitrogen and oxygen atoms in total. The second-order valence-electron chi connectivity index (χ2n) is 4.97. The third kappa shape index (κ3) is 2.09. The average molecular weight is 191 g/mol. The Labute approximate surface area is 87.7 Å². The summed E-state index contributed by atoms with van der Waals surface area (Å²) in [6.45, 7) is 11.0. The summed E-state index contributed by atoms with van der Waals surface area (Å²) < 4.78 is 0. The summed E-state index contributed by atoms with van der Waals surface area (Å²) in [5.74, 6) is 0. The van der Waals surface area contributed by atoms with E-state index in [1.807, 2.05) is 0 Å². The molecule has 0 radical (unpaired) electrons. The molecule has 0 N–H and O–H groups in total. The monoisotopic (exact) mass is 191 g/mol. The van der Waals surface area contributed by atoms with E-state index in [1.54, 1.807) is 0 Å². The van der Waals surface area contributed by atoms with E-state index < -0.39 is 0 Å². The SMILES string of the molecule is Cc1cccc(C)c1N(C)C(C)(C)C. The summed E-state index contributed by atoms with van der Waals surface area (Å²) in [6, 6.07) is 6.46. The van der Waals surface area contributed by atoms with Gasteiger partial charge in [0.05, 0.1) is 0 Å². The van der Waals surface area contributed by atoms with Gasteiger partial charge in [-0.25, -0.2) is 0 Å². The number of anilines is 1. The topological polar surface area (TPSA) is 3.24 Å². The number of rotatable bonds is 1. The normalized spacial score (nSPS) is 11.6. The highest BCUT2D eigenvalue weighted by Gasteiger charge is 2.19. The molecule has 0 aliphatic carbocycles. The van der Waals surface area contributed by atoms with Crippen molar-refractivity contribution in [2.24, 2.45) is 0 Å². The van der Waals surface area contributed by atoms with Crippen LogP contribution in [0.15, 0.2) is 18.2 Å². The number of hydrogen-bond acceptors (Lipinski definition) is 1. The van der Waals surface area contributed by atoms with Gasteiger partial charge in [0.2, 0.25) is 0 Å². The van der Waals surface area contributed by atoms with Crippen molar-refractivity contribution < 1.29 is 0 Å². The fraction of sp³-hybridized carbons (Fsp3) is 0.538. The van der Waals surface area contributed by atoms with Crippen LogP contribution < -0.4 is 4.90 Å². The summed E-state index contributed by atoms with van der Waals surface area (Å²) in [7, 11) is 2.16. The molecule has 1 rings (SSSR count). The maximum Gasteiger partial charge on any atom is 0.0427 e. The smallest absolute Gasteiger partial charge is 0.0427 e. The van der Waals surface area contributed by atoms with Gasteiger partial charge in [-0.1, -0.05) is 18.2 Å². The summed E-state index contributed by atoms with van der Waals surface area (Å²) in [5, 5.41) is 0. The third-order valence-electron chi connectivity index (χ3n) is 2.78. The molecule has 1 aromatic rings. The van der Waals surface area contributed by atoms with Crippen LogP contribution in [0, 0.1) is 13.8 Å². The van der Waals surface area contributed by atoms with E-state index in [0.717, 1.165) is 0 Å². The van der Waals surface area contributed by atoms with Crippen LogP contribution in [0.4, 0.5) is 5.69 Å². The molecule has 1 aromatic carbocycles. The molecule has 14 heavy (non-hydrogen) atoms. The fourth-order valence-corrected chi connectivity index (χ4v) is 1.67. The number of hydrogen-bond donors (Lipinski definition) is 0. The van der Waals surface area contributed by atoms with Gasteiger partial charge in [0.1, 0.15) is 0 Å². The van der Waals surface area contributed by atoms with Gasteiger partial charge < -0.3 is 4.90 Å². The molecule has 0 bridgehead atoms. The Morgan fingerprint density at radius 3 is 1.79 bits per heavy atom. The number of benzene rings is 1. The summed E-state index contributed by atoms with van der Waals surface area (Å²) >= 11 is 0. The van der Waals surface area contributed by atoms with Gasteiger partial charge in [-0.05, 0) is 45.7 Å². The molecule has 1 heteroatoms. The Kier molecular flexibility index (Phi) is 2.89. The van der Waals surface area contributed by atoms with Gasteiger partial charge in [0, 0.05) is 18.3 Å². The Hall–Kier alpha value is -0.980. The van der Waals surface area contributed by atoms with Crippen LogP contribution in [0.1, 0.15) is 31.9 Å². The molecule has 0 unspecified atom stereocenters. The van der Waals surface area contributed by atoms with Crippen molar-refractivity contribution in [3.05, 3.63) is 29.3 Å². The second-order valence-corrected chi connectivity index (χ2v) is 4.97. The van der Waals surface area contributed by atoms with Crippen LogP contribution in [0.5, 0.6) is 0 Å². The van der Waals surface area contributed by atoms with E-state index in [2.05, 4.69) is 64.8 Å².